The molecule has 4 nitrogen and oxygen atoms in total. The molecule has 0 aliphatic rings. The summed E-state index contributed by atoms with van der Waals surface area (Å²) in [5.74, 6) is 1.57. The Bertz CT molecular complexity index is 634. The van der Waals surface area contributed by atoms with Gasteiger partial charge in [0.2, 0.25) is 0 Å². The summed E-state index contributed by atoms with van der Waals surface area (Å²) < 4.78 is 5.97. The maximum absolute atomic E-state index is 8.84. The Morgan fingerprint density at radius 2 is 2.10 bits per heavy atom. The molecular weight excluding hydrogens is 262 g/mol. The number of rotatable bonds is 6. The van der Waals surface area contributed by atoms with Crippen LogP contribution in [-0.2, 0) is 0 Å². The Morgan fingerprint density at radius 3 is 2.81 bits per heavy atom. The lowest BCUT2D eigenvalue weighted by Gasteiger charge is -2.18. The molecule has 0 bridgehead atoms. The number of hydrogen-bond acceptors (Lipinski definition) is 4. The molecule has 0 aliphatic heterocycles. The number of nitriles is 1. The SMILES string of the molecule is CCC(CNc1cccc(C#N)n1)Oc1cccc(C)c1. The Morgan fingerprint density at radius 1 is 1.29 bits per heavy atom. The highest BCUT2D eigenvalue weighted by atomic mass is 16.5. The normalized spacial score (nSPS) is 11.5. The molecule has 0 radical (unpaired) electrons. The highest BCUT2D eigenvalue weighted by Crippen LogP contribution is 2.15. The highest BCUT2D eigenvalue weighted by molar-refractivity contribution is 5.38. The number of benzene rings is 1. The second-order valence-corrected chi connectivity index (χ2v) is 4.87. The van der Waals surface area contributed by atoms with E-state index in [-0.39, 0.29) is 6.10 Å². The zero-order valence-corrected chi connectivity index (χ0v) is 12.3. The van der Waals surface area contributed by atoms with E-state index in [2.05, 4.69) is 17.2 Å². The van der Waals surface area contributed by atoms with E-state index in [4.69, 9.17) is 10.00 Å². The third kappa shape index (κ3) is 4.50. The van der Waals surface area contributed by atoms with Gasteiger partial charge in [0.05, 0.1) is 6.54 Å². The van der Waals surface area contributed by atoms with Crippen molar-refractivity contribution in [1.29, 1.82) is 5.26 Å². The second-order valence-electron chi connectivity index (χ2n) is 4.87. The maximum atomic E-state index is 8.84. The van der Waals surface area contributed by atoms with Gasteiger partial charge in [-0.1, -0.05) is 25.1 Å². The monoisotopic (exact) mass is 281 g/mol. The number of hydrogen-bond donors (Lipinski definition) is 1. The Kier molecular flexibility index (Phi) is 5.16. The number of aryl methyl sites for hydroxylation is 1. The number of pyridine rings is 1. The first kappa shape index (κ1) is 14.9. The quantitative estimate of drug-likeness (QED) is 0.880. The molecule has 0 fully saturated rings. The molecular formula is C17H19N3O. The van der Waals surface area contributed by atoms with Gasteiger partial charge in [-0.25, -0.2) is 4.98 Å². The van der Waals surface area contributed by atoms with Crippen molar-refractivity contribution in [1.82, 2.24) is 4.98 Å². The van der Waals surface area contributed by atoms with E-state index in [0.29, 0.717) is 18.1 Å². The van der Waals surface area contributed by atoms with Crippen LogP contribution in [0.2, 0.25) is 0 Å². The molecule has 1 aromatic carbocycles. The van der Waals surface area contributed by atoms with E-state index in [0.717, 1.165) is 12.2 Å². The van der Waals surface area contributed by atoms with Crippen LogP contribution in [0.25, 0.3) is 0 Å². The van der Waals surface area contributed by atoms with Crippen LogP contribution in [0.15, 0.2) is 42.5 Å². The summed E-state index contributed by atoms with van der Waals surface area (Å²) in [6, 6.07) is 15.4. The molecule has 1 heterocycles. The van der Waals surface area contributed by atoms with Crippen molar-refractivity contribution in [2.45, 2.75) is 26.4 Å². The molecule has 1 atom stereocenters. The van der Waals surface area contributed by atoms with Crippen LogP contribution in [0.1, 0.15) is 24.6 Å². The minimum atomic E-state index is 0.0549. The third-order valence-corrected chi connectivity index (χ3v) is 3.12. The first-order valence-electron chi connectivity index (χ1n) is 7.05. The van der Waals surface area contributed by atoms with Crippen LogP contribution in [-0.4, -0.2) is 17.6 Å². The minimum absolute atomic E-state index is 0.0549. The van der Waals surface area contributed by atoms with Crippen molar-refractivity contribution in [2.24, 2.45) is 0 Å². The molecule has 108 valence electrons. The zero-order chi connectivity index (χ0) is 15.1. The zero-order valence-electron chi connectivity index (χ0n) is 12.3. The summed E-state index contributed by atoms with van der Waals surface area (Å²) in [4.78, 5) is 4.19. The lowest BCUT2D eigenvalue weighted by Crippen LogP contribution is -2.25. The van der Waals surface area contributed by atoms with Gasteiger partial charge in [0.25, 0.3) is 0 Å². The van der Waals surface area contributed by atoms with Gasteiger partial charge in [-0.15, -0.1) is 0 Å². The largest absolute Gasteiger partial charge is 0.489 e. The highest BCUT2D eigenvalue weighted by Gasteiger charge is 2.08. The molecule has 0 amide bonds. The maximum Gasteiger partial charge on any atom is 0.142 e. The number of ether oxygens (including phenoxy) is 1. The standard InChI is InChI=1S/C17H19N3O/c1-3-15(21-16-8-4-6-13(2)10-16)12-19-17-9-5-7-14(11-18)20-17/h4-10,15H,3,12H2,1-2H3,(H,19,20). The van der Waals surface area contributed by atoms with Crippen LogP contribution < -0.4 is 10.1 Å². The molecule has 1 N–H and O–H groups in total. The van der Waals surface area contributed by atoms with Crippen LogP contribution in [0.3, 0.4) is 0 Å². The summed E-state index contributed by atoms with van der Waals surface area (Å²) in [5, 5.41) is 12.1. The number of nitrogens with one attached hydrogen (secondary N) is 1. The number of nitrogens with zero attached hydrogens (tertiary/aromatic N) is 2. The van der Waals surface area contributed by atoms with Gasteiger partial charge in [-0.2, -0.15) is 5.26 Å². The van der Waals surface area contributed by atoms with Gasteiger partial charge >= 0.3 is 0 Å². The van der Waals surface area contributed by atoms with Crippen molar-refractivity contribution in [2.75, 3.05) is 11.9 Å². The Labute approximate surface area is 125 Å². The fraction of sp³-hybridized carbons (Fsp3) is 0.294. The van der Waals surface area contributed by atoms with Gasteiger partial charge in [0.15, 0.2) is 0 Å². The minimum Gasteiger partial charge on any atom is -0.489 e. The van der Waals surface area contributed by atoms with E-state index < -0.39 is 0 Å². The Balaban J connectivity index is 1.95. The fourth-order valence-electron chi connectivity index (χ4n) is 1.96. The van der Waals surface area contributed by atoms with Crippen molar-refractivity contribution in [3.05, 3.63) is 53.7 Å². The molecule has 1 unspecified atom stereocenters. The first-order valence-corrected chi connectivity index (χ1v) is 7.05. The van der Waals surface area contributed by atoms with E-state index in [1.165, 1.54) is 5.56 Å². The summed E-state index contributed by atoms with van der Waals surface area (Å²) in [6.45, 7) is 4.77. The molecule has 0 spiro atoms. The second kappa shape index (κ2) is 7.30. The molecule has 1 aromatic heterocycles. The van der Waals surface area contributed by atoms with Crippen LogP contribution in [0.5, 0.6) is 5.75 Å². The Hall–Kier alpha value is -2.54. The predicted octanol–water partition coefficient (Wildman–Crippen LogP) is 3.53. The van der Waals surface area contributed by atoms with Gasteiger partial charge in [0.1, 0.15) is 29.4 Å². The topological polar surface area (TPSA) is 57.9 Å². The molecule has 0 aliphatic carbocycles. The van der Waals surface area contributed by atoms with Crippen molar-refractivity contribution in [3.63, 3.8) is 0 Å². The predicted molar refractivity (Wildman–Crippen MR) is 83.3 cm³/mol. The van der Waals surface area contributed by atoms with Crippen molar-refractivity contribution >= 4 is 5.82 Å². The van der Waals surface area contributed by atoms with Crippen LogP contribution in [0.4, 0.5) is 5.82 Å². The lowest BCUT2D eigenvalue weighted by atomic mass is 10.2. The third-order valence-electron chi connectivity index (χ3n) is 3.12. The molecule has 21 heavy (non-hydrogen) atoms. The van der Waals surface area contributed by atoms with Gasteiger partial charge in [0, 0.05) is 0 Å². The van der Waals surface area contributed by atoms with E-state index in [1.54, 1.807) is 6.07 Å². The van der Waals surface area contributed by atoms with Gasteiger partial charge < -0.3 is 10.1 Å². The average molecular weight is 281 g/mol. The summed E-state index contributed by atoms with van der Waals surface area (Å²) in [5.41, 5.74) is 1.59. The first-order chi connectivity index (χ1) is 10.2. The molecule has 2 rings (SSSR count). The molecule has 0 saturated carbocycles. The van der Waals surface area contributed by atoms with E-state index >= 15 is 0 Å². The lowest BCUT2D eigenvalue weighted by molar-refractivity contribution is 0.210. The molecule has 4 heteroatoms. The van der Waals surface area contributed by atoms with Crippen LogP contribution >= 0.6 is 0 Å². The smallest absolute Gasteiger partial charge is 0.142 e. The van der Waals surface area contributed by atoms with Crippen molar-refractivity contribution in [3.8, 4) is 11.8 Å². The molecule has 0 saturated heterocycles. The summed E-state index contributed by atoms with van der Waals surface area (Å²) >= 11 is 0. The van der Waals surface area contributed by atoms with Gasteiger partial charge in [-0.05, 0) is 43.2 Å². The number of aromatic nitrogens is 1. The van der Waals surface area contributed by atoms with Gasteiger partial charge in [-0.3, -0.25) is 0 Å². The number of anilines is 1. The summed E-state index contributed by atoms with van der Waals surface area (Å²) in [6.07, 6.45) is 0.943. The van der Waals surface area contributed by atoms with E-state index in [1.807, 2.05) is 49.4 Å². The molecule has 2 aromatic rings. The fourth-order valence-corrected chi connectivity index (χ4v) is 1.96. The van der Waals surface area contributed by atoms with Crippen molar-refractivity contribution < 1.29 is 4.74 Å². The van der Waals surface area contributed by atoms with Crippen LogP contribution in [0, 0.1) is 18.3 Å². The van der Waals surface area contributed by atoms with E-state index in [9.17, 15) is 0 Å². The summed E-state index contributed by atoms with van der Waals surface area (Å²) in [7, 11) is 0. The average Bonchev–Trinajstić information content (AvgIpc) is 2.51.